The summed E-state index contributed by atoms with van der Waals surface area (Å²) in [6.45, 7) is 0.264. The van der Waals surface area contributed by atoms with Crippen molar-refractivity contribution >= 4 is 33.5 Å². The average Bonchev–Trinajstić information content (AvgIpc) is 3.26. The molecule has 3 aromatic rings. The van der Waals surface area contributed by atoms with Crippen molar-refractivity contribution in [2.75, 3.05) is 13.8 Å². The van der Waals surface area contributed by atoms with Crippen molar-refractivity contribution in [1.29, 1.82) is 0 Å². The number of fused-ring (bicyclic) bond motifs is 1. The van der Waals surface area contributed by atoms with Crippen molar-refractivity contribution in [1.82, 2.24) is 4.68 Å². The molecule has 1 aromatic heterocycles. The summed E-state index contributed by atoms with van der Waals surface area (Å²) >= 11 is 5.16. The first kappa shape index (κ1) is 16.1. The molecule has 5 nitrogen and oxygen atoms in total. The first-order valence-electron chi connectivity index (χ1n) is 7.58. The molecular weight excluding hydrogens is 402 g/mol. The Bertz CT molecular complexity index is 1020. The summed E-state index contributed by atoms with van der Waals surface area (Å²) in [4.78, 5) is 5.15. The van der Waals surface area contributed by atoms with Crippen molar-refractivity contribution in [3.05, 3.63) is 62.7 Å². The number of halogens is 1. The summed E-state index contributed by atoms with van der Waals surface area (Å²) < 4.78 is 13.6. The van der Waals surface area contributed by atoms with Gasteiger partial charge in [0.1, 0.15) is 0 Å². The highest BCUT2D eigenvalue weighted by Crippen LogP contribution is 2.32. The van der Waals surface area contributed by atoms with Crippen LogP contribution < -0.4 is 14.3 Å². The van der Waals surface area contributed by atoms with Crippen molar-refractivity contribution < 1.29 is 9.47 Å². The predicted octanol–water partition coefficient (Wildman–Crippen LogP) is 4.12. The molecule has 1 aliphatic rings. The van der Waals surface area contributed by atoms with Crippen LogP contribution in [0.15, 0.2) is 62.4 Å². The largest absolute Gasteiger partial charge is 0.454 e. The minimum absolute atomic E-state index is 0.264. The molecule has 0 bridgehead atoms. The van der Waals surface area contributed by atoms with Gasteiger partial charge >= 0.3 is 0 Å². The van der Waals surface area contributed by atoms with E-state index in [1.54, 1.807) is 24.6 Å². The molecule has 0 saturated heterocycles. The average molecular weight is 416 g/mol. The third-order valence-corrected chi connectivity index (χ3v) is 5.34. The number of benzene rings is 2. The summed E-state index contributed by atoms with van der Waals surface area (Å²) in [5, 5.41) is 6.70. The molecule has 0 aliphatic carbocycles. The van der Waals surface area contributed by atoms with Gasteiger partial charge in [0.05, 0.1) is 11.9 Å². The van der Waals surface area contributed by atoms with Gasteiger partial charge < -0.3 is 9.47 Å². The zero-order chi connectivity index (χ0) is 17.2. The van der Waals surface area contributed by atoms with Gasteiger partial charge in [0.2, 0.25) is 11.6 Å². The van der Waals surface area contributed by atoms with E-state index < -0.39 is 0 Å². The Morgan fingerprint density at radius 2 is 2.00 bits per heavy atom. The number of aromatic nitrogens is 1. The van der Waals surface area contributed by atoms with E-state index in [0.29, 0.717) is 0 Å². The lowest BCUT2D eigenvalue weighted by atomic mass is 10.2. The van der Waals surface area contributed by atoms with E-state index in [0.717, 1.165) is 37.6 Å². The molecule has 25 heavy (non-hydrogen) atoms. The summed E-state index contributed by atoms with van der Waals surface area (Å²) in [5.74, 6) is 1.50. The quantitative estimate of drug-likeness (QED) is 0.604. The molecular formula is C18H14BrN3O2S. The van der Waals surface area contributed by atoms with E-state index in [4.69, 9.17) is 9.47 Å². The van der Waals surface area contributed by atoms with Crippen LogP contribution in [-0.2, 0) is 0 Å². The van der Waals surface area contributed by atoms with Crippen LogP contribution in [-0.4, -0.2) is 24.7 Å². The van der Waals surface area contributed by atoms with E-state index in [2.05, 4.69) is 37.5 Å². The number of hydrogen-bond acceptors (Lipinski definition) is 5. The zero-order valence-corrected chi connectivity index (χ0v) is 15.8. The van der Waals surface area contributed by atoms with Crippen molar-refractivity contribution in [2.24, 2.45) is 10.1 Å². The Labute approximate surface area is 157 Å². The Morgan fingerprint density at radius 1 is 1.16 bits per heavy atom. The van der Waals surface area contributed by atoms with Crippen molar-refractivity contribution in [3.8, 4) is 22.8 Å². The Kier molecular flexibility index (Phi) is 4.42. The Balaban J connectivity index is 1.75. The van der Waals surface area contributed by atoms with Crippen LogP contribution in [0.3, 0.4) is 0 Å². The molecule has 0 unspecified atom stereocenters. The highest BCUT2D eigenvalue weighted by Gasteiger charge is 2.13. The summed E-state index contributed by atoms with van der Waals surface area (Å²) in [5.41, 5.74) is 2.98. The van der Waals surface area contributed by atoms with E-state index in [9.17, 15) is 0 Å². The van der Waals surface area contributed by atoms with Gasteiger partial charge in [0, 0.05) is 22.5 Å². The van der Waals surface area contributed by atoms with E-state index in [1.165, 1.54) is 0 Å². The Hall–Kier alpha value is -2.38. The fourth-order valence-electron chi connectivity index (χ4n) is 2.53. The standard InChI is InChI=1S/C18H14BrN3O2S/c1-20-18-22(15(10-25-18)13-4-2-3-5-14(13)19)21-9-12-6-7-16-17(8-12)24-11-23-16/h2-10H,11H2,1H3. The zero-order valence-electron chi connectivity index (χ0n) is 13.3. The van der Waals surface area contributed by atoms with Crippen LogP contribution in [0, 0.1) is 0 Å². The van der Waals surface area contributed by atoms with Crippen LogP contribution in [0.4, 0.5) is 0 Å². The molecule has 0 spiro atoms. The van der Waals surface area contributed by atoms with Crippen LogP contribution in [0.5, 0.6) is 11.5 Å². The van der Waals surface area contributed by atoms with Gasteiger partial charge in [0.15, 0.2) is 11.5 Å². The van der Waals surface area contributed by atoms with Crippen molar-refractivity contribution in [3.63, 3.8) is 0 Å². The van der Waals surface area contributed by atoms with Gasteiger partial charge in [-0.3, -0.25) is 4.99 Å². The van der Waals surface area contributed by atoms with Crippen LogP contribution >= 0.6 is 27.3 Å². The Morgan fingerprint density at radius 3 is 2.84 bits per heavy atom. The second kappa shape index (κ2) is 6.85. The molecule has 2 heterocycles. The van der Waals surface area contributed by atoms with Crippen molar-refractivity contribution in [2.45, 2.75) is 0 Å². The maximum Gasteiger partial charge on any atom is 0.231 e. The minimum atomic E-state index is 0.264. The normalized spacial score (nSPS) is 13.8. The third-order valence-electron chi connectivity index (χ3n) is 3.75. The number of rotatable bonds is 3. The maximum atomic E-state index is 5.42. The topological polar surface area (TPSA) is 48.1 Å². The first-order chi connectivity index (χ1) is 12.3. The van der Waals surface area contributed by atoms with Gasteiger partial charge in [0.25, 0.3) is 0 Å². The molecule has 2 aromatic carbocycles. The fourth-order valence-corrected chi connectivity index (χ4v) is 3.82. The molecule has 0 fully saturated rings. The second-order valence-electron chi connectivity index (χ2n) is 5.28. The van der Waals surface area contributed by atoms with Gasteiger partial charge in [-0.15, -0.1) is 11.3 Å². The summed E-state index contributed by atoms with van der Waals surface area (Å²) in [6, 6.07) is 13.8. The number of nitrogens with zero attached hydrogens (tertiary/aromatic N) is 3. The minimum Gasteiger partial charge on any atom is -0.454 e. The molecule has 126 valence electrons. The van der Waals surface area contributed by atoms with Gasteiger partial charge in [-0.1, -0.05) is 34.1 Å². The summed E-state index contributed by atoms with van der Waals surface area (Å²) in [7, 11) is 1.77. The molecule has 7 heteroatoms. The highest BCUT2D eigenvalue weighted by atomic mass is 79.9. The number of hydrogen-bond donors (Lipinski definition) is 0. The molecule has 0 saturated carbocycles. The van der Waals surface area contributed by atoms with Crippen LogP contribution in [0.1, 0.15) is 5.56 Å². The van der Waals surface area contributed by atoms with E-state index >= 15 is 0 Å². The molecule has 0 radical (unpaired) electrons. The van der Waals surface area contributed by atoms with Gasteiger partial charge in [-0.05, 0) is 29.8 Å². The first-order valence-corrected chi connectivity index (χ1v) is 9.26. The molecule has 0 amide bonds. The maximum absolute atomic E-state index is 5.42. The highest BCUT2D eigenvalue weighted by molar-refractivity contribution is 9.10. The van der Waals surface area contributed by atoms with E-state index in [-0.39, 0.29) is 6.79 Å². The fraction of sp³-hybridized carbons (Fsp3) is 0.111. The number of ether oxygens (including phenoxy) is 2. The lowest BCUT2D eigenvalue weighted by Gasteiger charge is -2.05. The molecule has 4 rings (SSSR count). The monoisotopic (exact) mass is 415 g/mol. The van der Waals surface area contributed by atoms with E-state index in [1.807, 2.05) is 41.1 Å². The number of thiazole rings is 1. The van der Waals surface area contributed by atoms with Gasteiger partial charge in [-0.2, -0.15) is 5.10 Å². The lowest BCUT2D eigenvalue weighted by molar-refractivity contribution is 0.174. The molecule has 1 aliphatic heterocycles. The summed E-state index contributed by atoms with van der Waals surface area (Å²) in [6.07, 6.45) is 1.80. The van der Waals surface area contributed by atoms with Crippen LogP contribution in [0.2, 0.25) is 0 Å². The SMILES string of the molecule is CN=c1scc(-c2ccccc2Br)n1N=Cc1ccc2c(c1)OCO2. The lowest BCUT2D eigenvalue weighted by Crippen LogP contribution is -2.11. The second-order valence-corrected chi connectivity index (χ2v) is 6.97. The van der Waals surface area contributed by atoms with Crippen LogP contribution in [0.25, 0.3) is 11.3 Å². The molecule has 0 atom stereocenters. The van der Waals surface area contributed by atoms with Gasteiger partial charge in [-0.25, -0.2) is 4.68 Å². The third kappa shape index (κ3) is 3.12. The smallest absolute Gasteiger partial charge is 0.231 e. The predicted molar refractivity (Wildman–Crippen MR) is 102 cm³/mol. The molecule has 0 N–H and O–H groups in total.